The maximum atomic E-state index is 13.3. The van der Waals surface area contributed by atoms with E-state index in [9.17, 15) is 9.90 Å². The second-order valence-electron chi connectivity index (χ2n) is 13.5. The summed E-state index contributed by atoms with van der Waals surface area (Å²) < 4.78 is 8.06. The number of β-amino-alcohol motifs (C(OH)–C–C–N with tert-alkyl or cyclic N) is 1. The third kappa shape index (κ3) is 7.63. The van der Waals surface area contributed by atoms with Gasteiger partial charge in [0, 0.05) is 68.3 Å². The lowest BCUT2D eigenvalue weighted by Gasteiger charge is -2.46. The number of hydrogen-bond acceptors (Lipinski definition) is 8. The number of carbonyl (C=O) groups is 1. The highest BCUT2D eigenvalue weighted by Gasteiger charge is 2.32. The van der Waals surface area contributed by atoms with E-state index in [0.29, 0.717) is 30.3 Å². The number of aliphatic hydroxyl groups excluding tert-OH is 1. The smallest absolute Gasteiger partial charge is 0.255 e. The van der Waals surface area contributed by atoms with Crippen LogP contribution in [-0.4, -0.2) is 86.0 Å². The second kappa shape index (κ2) is 15.0. The van der Waals surface area contributed by atoms with E-state index in [4.69, 9.17) is 10.5 Å². The molecule has 4 aromatic rings. The van der Waals surface area contributed by atoms with Crippen LogP contribution in [0.3, 0.4) is 0 Å². The minimum atomic E-state index is -0.235. The molecule has 2 fully saturated rings. The first kappa shape index (κ1) is 33.8. The summed E-state index contributed by atoms with van der Waals surface area (Å²) in [5, 5.41) is 16.8. The van der Waals surface area contributed by atoms with Crippen molar-refractivity contribution in [2.45, 2.75) is 76.9 Å². The van der Waals surface area contributed by atoms with Crippen LogP contribution in [0.4, 0.5) is 5.82 Å². The molecule has 1 aliphatic heterocycles. The topological polar surface area (TPSA) is 122 Å². The number of pyridine rings is 1. The normalized spacial score (nSPS) is 22.5. The van der Waals surface area contributed by atoms with Crippen LogP contribution in [0.25, 0.3) is 22.3 Å². The molecule has 1 amide bonds. The van der Waals surface area contributed by atoms with E-state index in [2.05, 4.69) is 94.5 Å². The van der Waals surface area contributed by atoms with Crippen molar-refractivity contribution >= 4 is 11.7 Å². The molecule has 2 aromatic carbocycles. The van der Waals surface area contributed by atoms with Gasteiger partial charge in [0.25, 0.3) is 5.91 Å². The summed E-state index contributed by atoms with van der Waals surface area (Å²) in [4.78, 5) is 22.5. The molecule has 3 unspecified atom stereocenters. The van der Waals surface area contributed by atoms with Gasteiger partial charge >= 0.3 is 0 Å². The molecule has 1 aliphatic carbocycles. The molecule has 6 rings (SSSR count). The highest BCUT2D eigenvalue weighted by atomic mass is 16.5. The Morgan fingerprint density at radius 3 is 2.33 bits per heavy atom. The van der Waals surface area contributed by atoms with Gasteiger partial charge in [-0.1, -0.05) is 48.5 Å². The van der Waals surface area contributed by atoms with E-state index in [1.165, 1.54) is 16.7 Å². The van der Waals surface area contributed by atoms with Crippen LogP contribution in [0.1, 0.15) is 67.6 Å². The first-order valence-corrected chi connectivity index (χ1v) is 17.2. The monoisotopic (exact) mass is 651 g/mol. The van der Waals surface area contributed by atoms with Crippen molar-refractivity contribution in [1.29, 1.82) is 0 Å². The summed E-state index contributed by atoms with van der Waals surface area (Å²) in [6.45, 7) is 10.2. The molecular weight excluding hydrogens is 602 g/mol. The van der Waals surface area contributed by atoms with Gasteiger partial charge in [-0.3, -0.25) is 19.3 Å². The molecule has 2 aromatic heterocycles. The Morgan fingerprint density at radius 2 is 1.69 bits per heavy atom. The molecule has 1 saturated carbocycles. The molecule has 2 aliphatic rings. The fraction of sp³-hybridized carbons (Fsp3) is 0.447. The molecule has 1 saturated heterocycles. The van der Waals surface area contributed by atoms with Crippen LogP contribution < -0.4 is 11.1 Å². The number of aliphatic hydroxyl groups is 1. The number of nitrogen functional groups attached to an aromatic ring is 1. The van der Waals surface area contributed by atoms with Gasteiger partial charge in [-0.05, 0) is 68.4 Å². The highest BCUT2D eigenvalue weighted by Crippen LogP contribution is 2.29. The van der Waals surface area contributed by atoms with Crippen molar-refractivity contribution in [3.05, 3.63) is 89.9 Å². The third-order valence-electron chi connectivity index (χ3n) is 10.2. The van der Waals surface area contributed by atoms with Crippen molar-refractivity contribution in [3.63, 3.8) is 0 Å². The number of benzene rings is 2. The number of hydrogen-bond donors (Lipinski definition) is 3. The molecule has 5 atom stereocenters. The summed E-state index contributed by atoms with van der Waals surface area (Å²) in [5.74, 6) is -0.0294. The molecule has 0 bridgehead atoms. The summed E-state index contributed by atoms with van der Waals surface area (Å²) in [5.41, 5.74) is 12.9. The SMILES string of the molecule is CC(c1ccc(-c2ccc(CO[C@H]3CCC[C@@H]3NC(=O)c3cc(-c4cnn(C)c4)cnc3N)cc2)cc1)N1CC(C)N(CCO)C(C)C1. The lowest BCUT2D eigenvalue weighted by molar-refractivity contribution is 0.0104. The summed E-state index contributed by atoms with van der Waals surface area (Å²) in [6.07, 6.45) is 7.96. The Kier molecular flexibility index (Phi) is 10.6. The number of ether oxygens (including phenoxy) is 1. The van der Waals surface area contributed by atoms with Gasteiger partial charge < -0.3 is 20.9 Å². The Morgan fingerprint density at radius 1 is 1.00 bits per heavy atom. The average molecular weight is 652 g/mol. The maximum Gasteiger partial charge on any atom is 0.255 e. The van der Waals surface area contributed by atoms with Crippen molar-refractivity contribution in [2.24, 2.45) is 7.05 Å². The molecule has 4 N–H and O–H groups in total. The number of aromatic nitrogens is 3. The molecule has 10 heteroatoms. The van der Waals surface area contributed by atoms with Gasteiger partial charge in [-0.25, -0.2) is 4.98 Å². The molecule has 0 spiro atoms. The quantitative estimate of drug-likeness (QED) is 0.206. The standard InChI is InChI=1S/C38H49N7O3/c1-25-21-44(22-26(2)45(25)16-17-46)27(3)29-12-14-31(15-13-29)30-10-8-28(9-11-30)24-48-36-7-5-6-35(36)42-38(47)34-18-32(19-40-37(34)39)33-20-41-43(4)23-33/h8-15,18-20,23,25-27,35-36,46H,5-7,16-17,21-22,24H2,1-4H3,(H2,39,40)(H,42,47)/t25?,26?,27?,35-,36-/m0/s1. The van der Waals surface area contributed by atoms with E-state index in [1.807, 2.05) is 13.2 Å². The molecule has 3 heterocycles. The van der Waals surface area contributed by atoms with Crippen LogP contribution in [0.2, 0.25) is 0 Å². The number of nitrogens with zero attached hydrogens (tertiary/aromatic N) is 5. The second-order valence-corrected chi connectivity index (χ2v) is 13.5. The van der Waals surface area contributed by atoms with Crippen LogP contribution in [0, 0.1) is 0 Å². The van der Waals surface area contributed by atoms with E-state index < -0.39 is 0 Å². The van der Waals surface area contributed by atoms with E-state index in [1.54, 1.807) is 23.1 Å². The van der Waals surface area contributed by atoms with Gasteiger partial charge in [0.2, 0.25) is 0 Å². The number of anilines is 1. The number of nitrogens with one attached hydrogen (secondary N) is 1. The fourth-order valence-electron chi connectivity index (χ4n) is 7.35. The summed E-state index contributed by atoms with van der Waals surface area (Å²) >= 11 is 0. The highest BCUT2D eigenvalue weighted by molar-refractivity contribution is 5.99. The zero-order valence-electron chi connectivity index (χ0n) is 28.5. The van der Waals surface area contributed by atoms with Crippen LogP contribution in [0.5, 0.6) is 0 Å². The zero-order valence-corrected chi connectivity index (χ0v) is 28.5. The maximum absolute atomic E-state index is 13.3. The number of amides is 1. The molecule has 0 radical (unpaired) electrons. The van der Waals surface area contributed by atoms with Gasteiger partial charge in [-0.15, -0.1) is 0 Å². The molecular formula is C38H49N7O3. The number of piperazine rings is 1. The first-order chi connectivity index (χ1) is 23.2. The summed E-state index contributed by atoms with van der Waals surface area (Å²) in [6, 6.07) is 20.3. The van der Waals surface area contributed by atoms with Gasteiger partial charge in [0.1, 0.15) is 5.82 Å². The van der Waals surface area contributed by atoms with Gasteiger partial charge in [0.05, 0.1) is 37.1 Å². The van der Waals surface area contributed by atoms with E-state index in [0.717, 1.165) is 55.6 Å². The third-order valence-corrected chi connectivity index (χ3v) is 10.2. The first-order valence-electron chi connectivity index (χ1n) is 17.2. The number of nitrogens with two attached hydrogens (primary N) is 1. The van der Waals surface area contributed by atoms with Gasteiger partial charge in [0.15, 0.2) is 0 Å². The zero-order chi connectivity index (χ0) is 33.8. The predicted molar refractivity (Wildman–Crippen MR) is 189 cm³/mol. The Labute approximate surface area is 283 Å². The van der Waals surface area contributed by atoms with Gasteiger partial charge in [-0.2, -0.15) is 5.10 Å². The summed E-state index contributed by atoms with van der Waals surface area (Å²) in [7, 11) is 1.85. The number of aryl methyl sites for hydroxylation is 1. The fourth-order valence-corrected chi connectivity index (χ4v) is 7.35. The Hall–Kier alpha value is -4.09. The molecule has 48 heavy (non-hydrogen) atoms. The lowest BCUT2D eigenvalue weighted by Crippen LogP contribution is -2.57. The minimum Gasteiger partial charge on any atom is -0.395 e. The predicted octanol–water partition coefficient (Wildman–Crippen LogP) is 5.05. The van der Waals surface area contributed by atoms with E-state index in [-0.39, 0.29) is 30.5 Å². The van der Waals surface area contributed by atoms with Crippen molar-refractivity contribution in [1.82, 2.24) is 29.9 Å². The Bertz CT molecular complexity index is 1660. The minimum absolute atomic E-state index is 0.0671. The van der Waals surface area contributed by atoms with Crippen molar-refractivity contribution < 1.29 is 14.6 Å². The number of carbonyl (C=O) groups excluding carboxylic acids is 1. The van der Waals surface area contributed by atoms with Crippen LogP contribution >= 0.6 is 0 Å². The Balaban J connectivity index is 1.02. The van der Waals surface area contributed by atoms with Crippen molar-refractivity contribution in [3.8, 4) is 22.3 Å². The average Bonchev–Trinajstić information content (AvgIpc) is 3.73. The molecule has 10 nitrogen and oxygen atoms in total. The van der Waals surface area contributed by atoms with Crippen molar-refractivity contribution in [2.75, 3.05) is 32.0 Å². The molecule has 254 valence electrons. The lowest BCUT2D eigenvalue weighted by atomic mass is 9.98. The number of rotatable bonds is 11. The van der Waals surface area contributed by atoms with E-state index >= 15 is 0 Å². The van der Waals surface area contributed by atoms with Crippen LogP contribution in [-0.2, 0) is 18.4 Å². The van der Waals surface area contributed by atoms with Crippen LogP contribution in [0.15, 0.2) is 73.2 Å². The largest absolute Gasteiger partial charge is 0.395 e.